The normalized spacial score (nSPS) is 12.8. The Bertz CT molecular complexity index is 870. The van der Waals surface area contributed by atoms with E-state index in [0.717, 1.165) is 11.3 Å². The lowest BCUT2D eigenvalue weighted by Crippen LogP contribution is -2.45. The minimum Gasteiger partial charge on any atom is -0.478 e. The molecule has 10 heteroatoms. The fourth-order valence-corrected chi connectivity index (χ4v) is 4.44. The van der Waals surface area contributed by atoms with E-state index in [4.69, 9.17) is 9.52 Å². The third-order valence-electron chi connectivity index (χ3n) is 3.43. The van der Waals surface area contributed by atoms with Crippen LogP contribution in [0.4, 0.5) is 0 Å². The number of carbonyl (C=O) groups is 2. The zero-order valence-electron chi connectivity index (χ0n) is 13.8. The molecule has 2 rings (SSSR count). The fraction of sp³-hybridized carbons (Fsp3) is 0.333. The van der Waals surface area contributed by atoms with Crippen molar-refractivity contribution in [2.24, 2.45) is 0 Å². The second-order valence-electron chi connectivity index (χ2n) is 5.46. The van der Waals surface area contributed by atoms with Crippen molar-refractivity contribution in [2.75, 3.05) is 7.05 Å². The summed E-state index contributed by atoms with van der Waals surface area (Å²) in [6.07, 6.45) is 0. The number of aromatic carboxylic acids is 1. The molecule has 1 atom stereocenters. The SMILES string of the molecule is Cc1oc(CN(C)C(=O)[C@@H](C)NS(=O)(=O)c2cccs2)cc1C(=O)O. The number of nitrogens with zero attached hydrogens (tertiary/aromatic N) is 1. The van der Waals surface area contributed by atoms with Gasteiger partial charge in [0.2, 0.25) is 5.91 Å². The Hall–Kier alpha value is -2.17. The highest BCUT2D eigenvalue weighted by atomic mass is 32.2. The first kappa shape index (κ1) is 19.2. The predicted molar refractivity (Wildman–Crippen MR) is 91.0 cm³/mol. The predicted octanol–water partition coefficient (Wildman–Crippen LogP) is 1.67. The Morgan fingerprint density at radius 3 is 2.64 bits per heavy atom. The number of amides is 1. The highest BCUT2D eigenvalue weighted by Crippen LogP contribution is 2.18. The van der Waals surface area contributed by atoms with Gasteiger partial charge in [-0.3, -0.25) is 4.79 Å². The number of likely N-dealkylation sites (N-methyl/N-ethyl adjacent to an activating group) is 1. The third kappa shape index (κ3) is 4.47. The van der Waals surface area contributed by atoms with Crippen LogP contribution in [0, 0.1) is 6.92 Å². The van der Waals surface area contributed by atoms with E-state index < -0.39 is 27.9 Å². The maximum atomic E-state index is 12.4. The molecule has 0 fully saturated rings. The van der Waals surface area contributed by atoms with Crippen molar-refractivity contribution in [3.63, 3.8) is 0 Å². The Labute approximate surface area is 149 Å². The molecule has 0 aliphatic rings. The van der Waals surface area contributed by atoms with Crippen LogP contribution < -0.4 is 4.72 Å². The van der Waals surface area contributed by atoms with E-state index >= 15 is 0 Å². The smallest absolute Gasteiger partial charge is 0.339 e. The van der Waals surface area contributed by atoms with Crippen LogP contribution in [0.25, 0.3) is 0 Å². The molecular formula is C15H18N2O6S2. The van der Waals surface area contributed by atoms with Crippen molar-refractivity contribution in [3.8, 4) is 0 Å². The molecule has 0 saturated heterocycles. The number of carbonyl (C=O) groups excluding carboxylic acids is 1. The van der Waals surface area contributed by atoms with Crippen molar-refractivity contribution in [1.82, 2.24) is 9.62 Å². The van der Waals surface area contributed by atoms with E-state index in [9.17, 15) is 18.0 Å². The molecule has 1 amide bonds. The largest absolute Gasteiger partial charge is 0.478 e. The summed E-state index contributed by atoms with van der Waals surface area (Å²) in [6.45, 7) is 2.99. The molecule has 0 aromatic carbocycles. The second kappa shape index (κ2) is 7.38. The Balaban J connectivity index is 2.04. The molecule has 0 radical (unpaired) electrons. The summed E-state index contributed by atoms with van der Waals surface area (Å²) in [7, 11) is -2.28. The molecule has 2 heterocycles. The maximum absolute atomic E-state index is 12.4. The van der Waals surface area contributed by atoms with Crippen LogP contribution in [0.15, 0.2) is 32.2 Å². The number of hydrogen-bond donors (Lipinski definition) is 2. The number of hydrogen-bond acceptors (Lipinski definition) is 6. The zero-order chi connectivity index (χ0) is 18.8. The summed E-state index contributed by atoms with van der Waals surface area (Å²) in [5, 5.41) is 10.6. The average molecular weight is 386 g/mol. The molecule has 136 valence electrons. The molecule has 2 aromatic rings. The first-order chi connectivity index (χ1) is 11.6. The monoisotopic (exact) mass is 386 g/mol. The molecule has 0 unspecified atom stereocenters. The molecule has 0 spiro atoms. The first-order valence-corrected chi connectivity index (χ1v) is 9.61. The standard InChI is InChI=1S/C15H18N2O6S2/c1-9(16-25(21,22)13-5-4-6-24-13)14(18)17(3)8-11-7-12(15(19)20)10(2)23-11/h4-7,9,16H,8H2,1-3H3,(H,19,20)/t9-/m1/s1. The third-order valence-corrected chi connectivity index (χ3v) is 6.37. The van der Waals surface area contributed by atoms with Crippen LogP contribution in [0.5, 0.6) is 0 Å². The minimum absolute atomic E-state index is 0.0258. The summed E-state index contributed by atoms with van der Waals surface area (Å²) in [5.41, 5.74) is 0.0299. The number of sulfonamides is 1. The Kier molecular flexibility index (Phi) is 5.65. The van der Waals surface area contributed by atoms with Crippen molar-refractivity contribution >= 4 is 33.2 Å². The molecule has 2 aromatic heterocycles. The maximum Gasteiger partial charge on any atom is 0.339 e. The van der Waals surface area contributed by atoms with E-state index in [1.807, 2.05) is 0 Å². The summed E-state index contributed by atoms with van der Waals surface area (Å²) in [6, 6.07) is 3.43. The van der Waals surface area contributed by atoms with Gasteiger partial charge in [0, 0.05) is 7.05 Å². The number of nitrogens with one attached hydrogen (secondary N) is 1. The van der Waals surface area contributed by atoms with Gasteiger partial charge in [-0.2, -0.15) is 4.72 Å². The minimum atomic E-state index is -3.76. The van der Waals surface area contributed by atoms with Gasteiger partial charge >= 0.3 is 5.97 Å². The van der Waals surface area contributed by atoms with Crippen molar-refractivity contribution in [3.05, 3.63) is 40.7 Å². The lowest BCUT2D eigenvalue weighted by atomic mass is 10.2. The second-order valence-corrected chi connectivity index (χ2v) is 8.35. The number of furan rings is 1. The summed E-state index contributed by atoms with van der Waals surface area (Å²) in [4.78, 5) is 24.6. The van der Waals surface area contributed by atoms with Crippen molar-refractivity contribution in [1.29, 1.82) is 0 Å². The van der Waals surface area contributed by atoms with Gasteiger partial charge in [-0.05, 0) is 31.4 Å². The number of rotatable bonds is 7. The van der Waals surface area contributed by atoms with E-state index in [0.29, 0.717) is 5.76 Å². The number of carboxylic acid groups (broad SMARTS) is 1. The molecule has 0 bridgehead atoms. The van der Waals surface area contributed by atoms with E-state index in [1.165, 1.54) is 37.9 Å². The molecule has 2 N–H and O–H groups in total. The Morgan fingerprint density at radius 1 is 1.44 bits per heavy atom. The van der Waals surface area contributed by atoms with Gasteiger partial charge in [-0.15, -0.1) is 11.3 Å². The average Bonchev–Trinajstić information content (AvgIpc) is 3.15. The molecule has 0 aliphatic heterocycles. The fourth-order valence-electron chi connectivity index (χ4n) is 2.23. The quantitative estimate of drug-likeness (QED) is 0.748. The van der Waals surface area contributed by atoms with Gasteiger partial charge in [-0.25, -0.2) is 13.2 Å². The van der Waals surface area contributed by atoms with Crippen LogP contribution in [0.2, 0.25) is 0 Å². The van der Waals surface area contributed by atoms with Crippen LogP contribution in [-0.4, -0.2) is 43.4 Å². The highest BCUT2D eigenvalue weighted by Gasteiger charge is 2.26. The van der Waals surface area contributed by atoms with Gasteiger partial charge in [0.1, 0.15) is 21.3 Å². The number of aryl methyl sites for hydroxylation is 1. The lowest BCUT2D eigenvalue weighted by molar-refractivity contribution is -0.132. The van der Waals surface area contributed by atoms with Crippen LogP contribution in [-0.2, 0) is 21.4 Å². The van der Waals surface area contributed by atoms with Crippen LogP contribution in [0.3, 0.4) is 0 Å². The van der Waals surface area contributed by atoms with Gasteiger partial charge in [0.05, 0.1) is 12.6 Å². The summed E-state index contributed by atoms with van der Waals surface area (Å²) < 4.78 is 32.1. The molecule has 0 aliphatic carbocycles. The molecule has 0 saturated carbocycles. The summed E-state index contributed by atoms with van der Waals surface area (Å²) >= 11 is 1.06. The van der Waals surface area contributed by atoms with Gasteiger partial charge < -0.3 is 14.4 Å². The van der Waals surface area contributed by atoms with Crippen molar-refractivity contribution < 1.29 is 27.5 Å². The number of carboxylic acids is 1. The lowest BCUT2D eigenvalue weighted by Gasteiger charge is -2.21. The molecule has 8 nitrogen and oxygen atoms in total. The van der Waals surface area contributed by atoms with Crippen LogP contribution in [0.1, 0.15) is 28.8 Å². The molecular weight excluding hydrogens is 368 g/mol. The highest BCUT2D eigenvalue weighted by molar-refractivity contribution is 7.91. The van der Waals surface area contributed by atoms with Gasteiger partial charge in [0.25, 0.3) is 10.0 Å². The van der Waals surface area contributed by atoms with E-state index in [2.05, 4.69) is 4.72 Å². The Morgan fingerprint density at radius 2 is 2.12 bits per heavy atom. The zero-order valence-corrected chi connectivity index (χ0v) is 15.5. The van der Waals surface area contributed by atoms with Crippen LogP contribution >= 0.6 is 11.3 Å². The van der Waals surface area contributed by atoms with Crippen molar-refractivity contribution in [2.45, 2.75) is 30.6 Å². The van der Waals surface area contributed by atoms with Gasteiger partial charge in [-0.1, -0.05) is 6.07 Å². The first-order valence-electron chi connectivity index (χ1n) is 7.25. The van der Waals surface area contributed by atoms with E-state index in [1.54, 1.807) is 11.4 Å². The van der Waals surface area contributed by atoms with Gasteiger partial charge in [0.15, 0.2) is 0 Å². The van der Waals surface area contributed by atoms with E-state index in [-0.39, 0.29) is 22.1 Å². The number of thiophene rings is 1. The summed E-state index contributed by atoms with van der Waals surface area (Å²) in [5.74, 6) is -1.03. The molecule has 25 heavy (non-hydrogen) atoms. The topological polar surface area (TPSA) is 117 Å².